The number of furan rings is 2. The maximum atomic E-state index is 10.1. The molecule has 21 aromatic rings. The predicted molar refractivity (Wildman–Crippen MR) is 410 cm³/mol. The molecule has 0 saturated heterocycles. The molecule has 0 saturated carbocycles. The van der Waals surface area contributed by atoms with E-state index in [1.807, 2.05) is 0 Å². The Labute approximate surface area is 631 Å². The van der Waals surface area contributed by atoms with Crippen molar-refractivity contribution in [1.29, 1.82) is 0 Å². The second-order valence-corrected chi connectivity index (χ2v) is 21.3. The Balaban J connectivity index is 0.000000185. The van der Waals surface area contributed by atoms with Crippen LogP contribution in [0.2, 0.25) is 0 Å². The molecule has 2 nitrogen and oxygen atoms in total. The molecule has 0 amide bonds. The number of hydrogen-bond donors (Lipinski definition) is 0. The Morgan fingerprint density at radius 3 is 0.906 bits per heavy atom. The Bertz CT molecular complexity index is 10200. The van der Waals surface area contributed by atoms with Crippen LogP contribution in [0.5, 0.6) is 0 Å². The van der Waals surface area contributed by atoms with E-state index in [9.17, 15) is 30.2 Å². The van der Waals surface area contributed by atoms with Gasteiger partial charge in [0, 0.05) is 21.5 Å². The summed E-state index contributed by atoms with van der Waals surface area (Å²) in [7, 11) is 0. The van der Waals surface area contributed by atoms with Crippen LogP contribution in [-0.4, -0.2) is 0 Å². The Hall–Kier alpha value is -12.6. The lowest BCUT2D eigenvalue weighted by Gasteiger charge is -2.19. The van der Waals surface area contributed by atoms with Gasteiger partial charge < -0.3 is 8.83 Å². The molecule has 0 atom stereocenters. The summed E-state index contributed by atoms with van der Waals surface area (Å²) < 4.78 is 520. The molecular formula is C94H56O2. The van der Waals surface area contributed by atoms with E-state index >= 15 is 0 Å². The molecule has 444 valence electrons. The van der Waals surface area contributed by atoms with Crippen molar-refractivity contribution in [2.75, 3.05) is 0 Å². The van der Waals surface area contributed by atoms with Gasteiger partial charge in [0.15, 0.2) is 0 Å². The van der Waals surface area contributed by atoms with E-state index in [-0.39, 0.29) is 0 Å². The zero-order valence-corrected chi connectivity index (χ0v) is 47.8. The lowest BCUT2D eigenvalue weighted by Crippen LogP contribution is -1.92. The second kappa shape index (κ2) is 21.5. The van der Waals surface area contributed by atoms with Crippen LogP contribution in [0.3, 0.4) is 0 Å². The van der Waals surface area contributed by atoms with E-state index in [0.717, 1.165) is 0 Å². The smallest absolute Gasteiger partial charge is 0.136 e. The molecular weight excluding hydrogens is 1160 g/mol. The summed E-state index contributed by atoms with van der Waals surface area (Å²) in [6.45, 7) is 0. The Morgan fingerprint density at radius 2 is 0.469 bits per heavy atom. The summed E-state index contributed by atoms with van der Waals surface area (Å²) in [4.78, 5) is 0. The average molecular weight is 1270 g/mol. The molecule has 0 aliphatic carbocycles. The standard InChI is InChI=1S/C50H30O.C44H26O/c1-2-13-34-30-47-45(28-33(34)12-1)44-29-37(25-26-46(44)51-47)50-42-20-7-5-18-40(42)49(41-19-6-8-21-43(41)50)36-16-9-15-35(27-36)39-22-10-14-32-24-23-31-11-3-4-17-38(31)48(32)39;1-2-12-30-26-41-39(24-29(30)11-1)38-25-31(22-23-40(38)45-41)43-33-15-5-7-17-35(33)44(36-18-8-6-16-34(36)43)37-19-9-13-28-21-20-27-10-3-4-14-32(27)42(28)37/h1-30H;1-26H/i1D,2D,3D,4D,5D,6D,7D,8D,9D,10D,11D,12D,13D,14D,15D,16D,17D,18D,19D,20D,21D,22D,23D,24D,25D,26D,27D,28D,29D,30D;1D,2D,3D,4D,5D,6D,7D,8D,9D,10D,11D,12D,13D,14D,15D,16D,17D,18D,19D,20D,21D,22D,23D,24D,25D,26D. The van der Waals surface area contributed by atoms with Crippen molar-refractivity contribution >= 4 is 152 Å². The summed E-state index contributed by atoms with van der Waals surface area (Å²) in [5, 5.41) is -14.9. The summed E-state index contributed by atoms with van der Waals surface area (Å²) >= 11 is 0. The van der Waals surface area contributed by atoms with Crippen molar-refractivity contribution in [2.45, 2.75) is 0 Å². The zero-order valence-electron chi connectivity index (χ0n) is 104. The van der Waals surface area contributed by atoms with Crippen LogP contribution in [0.15, 0.2) is 347 Å². The van der Waals surface area contributed by atoms with Crippen molar-refractivity contribution in [3.63, 3.8) is 0 Å². The van der Waals surface area contributed by atoms with Crippen LogP contribution in [0.1, 0.15) is 76.8 Å². The third-order valence-electron chi connectivity index (χ3n) is 16.1. The van der Waals surface area contributed by atoms with Crippen molar-refractivity contribution in [1.82, 2.24) is 0 Å². The molecule has 2 heterocycles. The van der Waals surface area contributed by atoms with Gasteiger partial charge in [-0.05, 0) is 218 Å². The molecule has 0 fully saturated rings. The topological polar surface area (TPSA) is 26.3 Å². The predicted octanol–water partition coefficient (Wildman–Crippen LogP) is 27.0. The second-order valence-electron chi connectivity index (χ2n) is 21.3. The molecule has 0 N–H and O–H groups in total. The number of benzene rings is 19. The minimum absolute atomic E-state index is 0.438. The number of rotatable bonds is 5. The van der Waals surface area contributed by atoms with Gasteiger partial charge in [-0.15, -0.1) is 0 Å². The van der Waals surface area contributed by atoms with Crippen molar-refractivity contribution in [2.24, 2.45) is 0 Å². The monoisotopic (exact) mass is 1270 g/mol. The average Bonchev–Trinajstić information content (AvgIpc) is 0.851. The van der Waals surface area contributed by atoms with Crippen LogP contribution in [0.4, 0.5) is 0 Å². The third-order valence-corrected chi connectivity index (χ3v) is 16.1. The molecule has 0 aliphatic heterocycles. The van der Waals surface area contributed by atoms with Crippen molar-refractivity contribution in [3.8, 4) is 55.6 Å². The molecule has 2 aromatic heterocycles. The lowest BCUT2D eigenvalue weighted by molar-refractivity contribution is 0.669. The molecule has 19 aromatic carbocycles. The molecule has 96 heavy (non-hydrogen) atoms. The SMILES string of the molecule is [2H]c1c(-c2c3c([2H])c([2H])c([2H])c([2H])c3c(-c3c([2H])c([2H])c([2H])c4c([2H])c([2H])c5c([2H])c([2H])c([2H])c([2H])c5c34)c3c([2H])c([2H])c([2H])c([2H])c23)c([2H])c2c(oc3c([2H])c4c([2H])c([2H])c([2H])c([2H])c4c([2H])c32)c1[2H].[2H]c1c([2H])c(-c2c3c([2H])c([2H])c([2H])c([2H])c3c(-c3c([2H])c([2H])c4oc5c([2H])c6c([2H])c([2H])c([2H])c([2H])c6c([2H])c5c4c3[2H])c3c([2H])c([2H])c([2H])c([2H])c23)c([2H])c(-c2c([2H])c([2H])c([2H])c3c([2H])c([2H])c4c([2H])c([2H])c([2H])c([2H])c4c23)c1[2H]. The van der Waals surface area contributed by atoms with E-state index < -0.39 is 546 Å². The zero-order chi connectivity index (χ0) is 112. The van der Waals surface area contributed by atoms with Crippen LogP contribution in [-0.2, 0) is 0 Å². The van der Waals surface area contributed by atoms with Crippen molar-refractivity contribution in [3.05, 3.63) is 338 Å². The minimum Gasteiger partial charge on any atom is -0.456 e. The molecule has 0 radical (unpaired) electrons. The Kier molecular flexibility index (Phi) is 5.05. The highest BCUT2D eigenvalue weighted by Crippen LogP contribution is 2.50. The van der Waals surface area contributed by atoms with Crippen LogP contribution in [0, 0.1) is 0 Å². The number of fused-ring (bicyclic) bond motifs is 18. The van der Waals surface area contributed by atoms with Crippen LogP contribution < -0.4 is 0 Å². The fraction of sp³-hybridized carbons (Fsp3) is 0. The highest BCUT2D eigenvalue weighted by Gasteiger charge is 2.23. The summed E-state index contributed by atoms with van der Waals surface area (Å²) in [5.41, 5.74) is -10.3. The fourth-order valence-electron chi connectivity index (χ4n) is 12.1. The van der Waals surface area contributed by atoms with Gasteiger partial charge in [0.25, 0.3) is 0 Å². The van der Waals surface area contributed by atoms with Gasteiger partial charge in [-0.3, -0.25) is 0 Å². The molecule has 0 spiro atoms. The summed E-state index contributed by atoms with van der Waals surface area (Å²) in [6.07, 6.45) is 0. The van der Waals surface area contributed by atoms with Crippen molar-refractivity contribution < 1.29 is 85.6 Å². The number of hydrogen-bond acceptors (Lipinski definition) is 2. The lowest BCUT2D eigenvalue weighted by atomic mass is 9.84. The van der Waals surface area contributed by atoms with E-state index in [1.54, 1.807) is 0 Å². The van der Waals surface area contributed by atoms with E-state index in [2.05, 4.69) is 0 Å². The quantitative estimate of drug-likeness (QED) is 0.127. The van der Waals surface area contributed by atoms with Gasteiger partial charge in [0.2, 0.25) is 0 Å². The van der Waals surface area contributed by atoms with E-state index in [1.165, 1.54) is 0 Å². The van der Waals surface area contributed by atoms with Gasteiger partial charge in [-0.1, -0.05) is 284 Å². The first-order valence-electron chi connectivity index (χ1n) is 56.6. The maximum absolute atomic E-state index is 10.1. The van der Waals surface area contributed by atoms with Crippen LogP contribution in [0.25, 0.3) is 207 Å². The highest BCUT2D eigenvalue weighted by atomic mass is 16.3. The molecule has 0 aliphatic rings. The maximum Gasteiger partial charge on any atom is 0.136 e. The third kappa shape index (κ3) is 8.45. The summed E-state index contributed by atoms with van der Waals surface area (Å²) in [5.74, 6) is 0. The first kappa shape index (κ1) is 22.6. The fourth-order valence-corrected chi connectivity index (χ4v) is 12.1. The van der Waals surface area contributed by atoms with Gasteiger partial charge in [0.1, 0.15) is 22.3 Å². The first-order valence-corrected chi connectivity index (χ1v) is 28.6. The molecule has 21 rings (SSSR count). The minimum atomic E-state index is -1.14. The molecule has 2 heteroatoms. The molecule has 0 bridgehead atoms. The molecule has 0 unspecified atom stereocenters. The van der Waals surface area contributed by atoms with Crippen LogP contribution >= 0.6 is 0 Å². The first-order chi connectivity index (χ1) is 71.0. The van der Waals surface area contributed by atoms with Gasteiger partial charge in [-0.25, -0.2) is 0 Å². The highest BCUT2D eigenvalue weighted by molar-refractivity contribution is 6.28. The summed E-state index contributed by atoms with van der Waals surface area (Å²) in [6, 6.07) is -51.1. The van der Waals surface area contributed by atoms with E-state index in [0.29, 0.717) is 0 Å². The van der Waals surface area contributed by atoms with Gasteiger partial charge >= 0.3 is 0 Å². The Morgan fingerprint density at radius 1 is 0.167 bits per heavy atom. The normalized spacial score (nSPS) is 20.1. The largest absolute Gasteiger partial charge is 0.456 e. The van der Waals surface area contributed by atoms with Gasteiger partial charge in [-0.2, -0.15) is 0 Å². The van der Waals surface area contributed by atoms with E-state index in [4.69, 9.17) is 55.4 Å². The van der Waals surface area contributed by atoms with Gasteiger partial charge in [0.05, 0.1) is 76.8 Å².